The van der Waals surface area contributed by atoms with Gasteiger partial charge in [0.2, 0.25) is 0 Å². The van der Waals surface area contributed by atoms with E-state index in [4.69, 9.17) is 9.47 Å². The van der Waals surface area contributed by atoms with E-state index in [0.717, 1.165) is 32.5 Å². The van der Waals surface area contributed by atoms with Crippen LogP contribution in [0.4, 0.5) is 0 Å². The highest BCUT2D eigenvalue weighted by molar-refractivity contribution is 5.80. The number of methoxy groups -OCH3 is 1. The Bertz CT molecular complexity index is 319. The van der Waals surface area contributed by atoms with Gasteiger partial charge in [0.1, 0.15) is 5.54 Å². The third-order valence-corrected chi connectivity index (χ3v) is 3.88. The Hall–Kier alpha value is -0.650. The summed E-state index contributed by atoms with van der Waals surface area (Å²) >= 11 is 0. The van der Waals surface area contributed by atoms with Gasteiger partial charge in [0.15, 0.2) is 0 Å². The number of nitrogens with one attached hydrogen (secondary N) is 1. The molecule has 124 valence electrons. The Labute approximate surface area is 129 Å². The number of carbonyl (C=O) groups is 1. The van der Waals surface area contributed by atoms with Crippen LogP contribution in [0, 0.1) is 0 Å². The largest absolute Gasteiger partial charge is 0.468 e. The third kappa shape index (κ3) is 7.25. The molecular formula is C16H32N2O3. The van der Waals surface area contributed by atoms with Gasteiger partial charge in [-0.05, 0) is 60.0 Å². The average molecular weight is 300 g/mol. The first-order valence-corrected chi connectivity index (χ1v) is 8.03. The zero-order valence-electron chi connectivity index (χ0n) is 14.3. The van der Waals surface area contributed by atoms with Crippen molar-refractivity contribution in [3.63, 3.8) is 0 Å². The fraction of sp³-hybridized carbons (Fsp3) is 0.938. The van der Waals surface area contributed by atoms with Crippen molar-refractivity contribution in [1.82, 2.24) is 10.2 Å². The van der Waals surface area contributed by atoms with Gasteiger partial charge in [-0.25, -0.2) is 0 Å². The summed E-state index contributed by atoms with van der Waals surface area (Å²) in [6.07, 6.45) is 4.37. The van der Waals surface area contributed by atoms with Gasteiger partial charge in [0.05, 0.1) is 19.8 Å². The molecule has 1 fully saturated rings. The van der Waals surface area contributed by atoms with E-state index in [1.807, 2.05) is 20.8 Å². The Balaban J connectivity index is 2.27. The van der Waals surface area contributed by atoms with Gasteiger partial charge < -0.3 is 14.4 Å². The van der Waals surface area contributed by atoms with Crippen LogP contribution in [0.2, 0.25) is 0 Å². The molecule has 0 heterocycles. The summed E-state index contributed by atoms with van der Waals surface area (Å²) in [4.78, 5) is 14.2. The van der Waals surface area contributed by atoms with E-state index < -0.39 is 5.54 Å². The molecule has 1 aliphatic rings. The molecule has 5 nitrogen and oxygen atoms in total. The van der Waals surface area contributed by atoms with Gasteiger partial charge in [-0.2, -0.15) is 0 Å². The lowest BCUT2D eigenvalue weighted by molar-refractivity contribution is -0.148. The summed E-state index contributed by atoms with van der Waals surface area (Å²) < 4.78 is 10.5. The molecule has 0 radical (unpaired) electrons. The Morgan fingerprint density at radius 3 is 2.57 bits per heavy atom. The second kappa shape index (κ2) is 8.71. The van der Waals surface area contributed by atoms with Gasteiger partial charge >= 0.3 is 5.97 Å². The van der Waals surface area contributed by atoms with Crippen LogP contribution in [-0.2, 0) is 14.3 Å². The monoisotopic (exact) mass is 300 g/mol. The van der Waals surface area contributed by atoms with Gasteiger partial charge in [0.25, 0.3) is 0 Å². The predicted molar refractivity (Wildman–Crippen MR) is 84.4 cm³/mol. The van der Waals surface area contributed by atoms with E-state index in [-0.39, 0.29) is 12.1 Å². The fourth-order valence-electron chi connectivity index (χ4n) is 2.40. The normalized spacial score (nSPS) is 18.0. The molecule has 1 saturated carbocycles. The van der Waals surface area contributed by atoms with Crippen molar-refractivity contribution in [3.8, 4) is 0 Å². The standard InChI is InChI=1S/C16H32N2O3/c1-13(2)21-12-11-18(4)10-6-9-16(3,15(19)20-5)17-14-7-8-14/h13-14,17H,6-12H2,1-5H3. The van der Waals surface area contributed by atoms with Crippen LogP contribution < -0.4 is 5.32 Å². The summed E-state index contributed by atoms with van der Waals surface area (Å²) in [7, 11) is 3.55. The summed E-state index contributed by atoms with van der Waals surface area (Å²) in [6.45, 7) is 8.68. The number of hydrogen-bond acceptors (Lipinski definition) is 5. The van der Waals surface area contributed by atoms with Crippen molar-refractivity contribution in [3.05, 3.63) is 0 Å². The van der Waals surface area contributed by atoms with Gasteiger partial charge in [0, 0.05) is 12.6 Å². The Kier molecular flexibility index (Phi) is 7.63. The van der Waals surface area contributed by atoms with Crippen molar-refractivity contribution in [2.24, 2.45) is 0 Å². The maximum absolute atomic E-state index is 12.0. The summed E-state index contributed by atoms with van der Waals surface area (Å²) in [6, 6.07) is 0.492. The maximum Gasteiger partial charge on any atom is 0.325 e. The molecule has 0 spiro atoms. The van der Waals surface area contributed by atoms with Crippen LogP contribution in [0.1, 0.15) is 46.5 Å². The minimum Gasteiger partial charge on any atom is -0.468 e. The Morgan fingerprint density at radius 1 is 1.38 bits per heavy atom. The molecule has 1 rings (SSSR count). The van der Waals surface area contributed by atoms with E-state index in [9.17, 15) is 4.79 Å². The zero-order valence-corrected chi connectivity index (χ0v) is 14.3. The lowest BCUT2D eigenvalue weighted by atomic mass is 9.95. The first kappa shape index (κ1) is 18.4. The highest BCUT2D eigenvalue weighted by Gasteiger charge is 2.38. The average Bonchev–Trinajstić information content (AvgIpc) is 3.21. The topological polar surface area (TPSA) is 50.8 Å². The predicted octanol–water partition coefficient (Wildman–Crippen LogP) is 1.81. The number of carbonyl (C=O) groups excluding carboxylic acids is 1. The maximum atomic E-state index is 12.0. The van der Waals surface area contributed by atoms with Gasteiger partial charge in [-0.3, -0.25) is 10.1 Å². The van der Waals surface area contributed by atoms with E-state index >= 15 is 0 Å². The minimum atomic E-state index is -0.550. The molecule has 1 N–H and O–H groups in total. The lowest BCUT2D eigenvalue weighted by Gasteiger charge is -2.29. The number of nitrogens with zero attached hydrogens (tertiary/aromatic N) is 1. The SMILES string of the molecule is COC(=O)C(C)(CCCN(C)CCOC(C)C)NC1CC1. The first-order valence-electron chi connectivity index (χ1n) is 8.03. The molecular weight excluding hydrogens is 268 g/mol. The quantitative estimate of drug-likeness (QED) is 0.590. The van der Waals surface area contributed by atoms with Gasteiger partial charge in [-0.1, -0.05) is 0 Å². The number of likely N-dealkylation sites (N-methyl/N-ethyl adjacent to an activating group) is 1. The molecule has 0 bridgehead atoms. The van der Waals surface area contributed by atoms with E-state index in [1.54, 1.807) is 0 Å². The number of ether oxygens (including phenoxy) is 2. The molecule has 0 aromatic carbocycles. The molecule has 0 aromatic rings. The molecule has 0 saturated heterocycles. The molecule has 0 aliphatic heterocycles. The van der Waals surface area contributed by atoms with Crippen molar-refractivity contribution < 1.29 is 14.3 Å². The molecule has 1 aliphatic carbocycles. The van der Waals surface area contributed by atoms with Crippen molar-refractivity contribution in [1.29, 1.82) is 0 Å². The second-order valence-corrected chi connectivity index (χ2v) is 6.57. The zero-order chi connectivity index (χ0) is 15.9. The van der Waals surface area contributed by atoms with E-state index in [2.05, 4.69) is 17.3 Å². The van der Waals surface area contributed by atoms with E-state index in [0.29, 0.717) is 6.04 Å². The van der Waals surface area contributed by atoms with Crippen molar-refractivity contribution >= 4 is 5.97 Å². The highest BCUT2D eigenvalue weighted by Crippen LogP contribution is 2.25. The van der Waals surface area contributed by atoms with Crippen molar-refractivity contribution in [2.45, 2.75) is 64.1 Å². The summed E-state index contributed by atoms with van der Waals surface area (Å²) in [5.74, 6) is -0.153. The summed E-state index contributed by atoms with van der Waals surface area (Å²) in [5, 5.41) is 3.43. The van der Waals surface area contributed by atoms with Crippen molar-refractivity contribution in [2.75, 3.05) is 33.9 Å². The molecule has 0 amide bonds. The minimum absolute atomic E-state index is 0.153. The molecule has 5 heteroatoms. The number of rotatable bonds is 11. The van der Waals surface area contributed by atoms with Crippen LogP contribution in [0.25, 0.3) is 0 Å². The molecule has 0 aromatic heterocycles. The van der Waals surface area contributed by atoms with E-state index in [1.165, 1.54) is 20.0 Å². The fourth-order valence-corrected chi connectivity index (χ4v) is 2.40. The Morgan fingerprint density at radius 2 is 2.05 bits per heavy atom. The summed E-state index contributed by atoms with van der Waals surface area (Å²) in [5.41, 5.74) is -0.550. The highest BCUT2D eigenvalue weighted by atomic mass is 16.5. The molecule has 1 unspecified atom stereocenters. The number of hydrogen-bond donors (Lipinski definition) is 1. The second-order valence-electron chi connectivity index (χ2n) is 6.57. The van der Waals surface area contributed by atoms with Crippen LogP contribution >= 0.6 is 0 Å². The van der Waals surface area contributed by atoms with Crippen LogP contribution in [0.3, 0.4) is 0 Å². The van der Waals surface area contributed by atoms with Crippen LogP contribution in [-0.4, -0.2) is 62.4 Å². The van der Waals surface area contributed by atoms with Gasteiger partial charge in [-0.15, -0.1) is 0 Å². The lowest BCUT2D eigenvalue weighted by Crippen LogP contribution is -2.51. The van der Waals surface area contributed by atoms with Crippen LogP contribution in [0.5, 0.6) is 0 Å². The molecule has 21 heavy (non-hydrogen) atoms. The smallest absolute Gasteiger partial charge is 0.325 e. The first-order chi connectivity index (χ1) is 9.87. The molecule has 1 atom stereocenters. The number of esters is 1. The third-order valence-electron chi connectivity index (χ3n) is 3.88. The van der Waals surface area contributed by atoms with Crippen LogP contribution in [0.15, 0.2) is 0 Å².